The van der Waals surface area contributed by atoms with Gasteiger partial charge >= 0.3 is 0 Å². The Kier molecular flexibility index (Phi) is 3.48. The van der Waals surface area contributed by atoms with Gasteiger partial charge in [0, 0.05) is 0 Å². The van der Waals surface area contributed by atoms with Crippen molar-refractivity contribution in [2.24, 2.45) is 0 Å². The lowest BCUT2D eigenvalue weighted by molar-refractivity contribution is -0.0928. The second kappa shape index (κ2) is 3.69. The molecule has 0 aromatic rings. The van der Waals surface area contributed by atoms with Gasteiger partial charge in [0.25, 0.3) is 5.92 Å². The molecule has 0 aliphatic heterocycles. The zero-order valence-corrected chi connectivity index (χ0v) is 5.54. The first-order valence-electron chi connectivity index (χ1n) is 2.82. The highest BCUT2D eigenvalue weighted by atomic mass is 19.3. The topological polar surface area (TPSA) is 0 Å². The van der Waals surface area contributed by atoms with E-state index in [1.807, 2.05) is 0 Å². The van der Waals surface area contributed by atoms with Gasteiger partial charge in [0.1, 0.15) is 0 Å². The molecule has 0 nitrogen and oxygen atoms in total. The summed E-state index contributed by atoms with van der Waals surface area (Å²) in [4.78, 5) is 0. The summed E-state index contributed by atoms with van der Waals surface area (Å²) in [5.74, 6) is -4.00. The molecule has 0 heterocycles. The summed E-state index contributed by atoms with van der Waals surface area (Å²) in [7, 11) is 0. The number of allylic oxidation sites excluding steroid dienone is 1. The van der Waals surface area contributed by atoms with Crippen LogP contribution >= 0.6 is 0 Å². The Morgan fingerprint density at radius 1 is 1.27 bits per heavy atom. The van der Waals surface area contributed by atoms with Gasteiger partial charge in [0.15, 0.2) is 6.17 Å². The van der Waals surface area contributed by atoms with Crippen LogP contribution in [0.15, 0.2) is 12.7 Å². The van der Waals surface area contributed by atoms with Crippen LogP contribution in [0.3, 0.4) is 0 Å². The van der Waals surface area contributed by atoms with Crippen LogP contribution in [-0.4, -0.2) is 18.5 Å². The molecular formula is C6H7F5. The fourth-order valence-electron chi connectivity index (χ4n) is 0.491. The minimum absolute atomic E-state index is 0.308. The molecule has 0 amide bonds. The third kappa shape index (κ3) is 3.34. The Balaban J connectivity index is 4.08. The summed E-state index contributed by atoms with van der Waals surface area (Å²) >= 11 is 0. The molecule has 0 spiro atoms. The maximum atomic E-state index is 12.1. The van der Waals surface area contributed by atoms with Crippen molar-refractivity contribution >= 4 is 0 Å². The fraction of sp³-hybridized carbons (Fsp3) is 0.667. The van der Waals surface area contributed by atoms with Gasteiger partial charge in [-0.3, -0.25) is 0 Å². The Hall–Kier alpha value is -0.610. The van der Waals surface area contributed by atoms with Crippen LogP contribution in [0.25, 0.3) is 0 Å². The third-order valence-corrected chi connectivity index (χ3v) is 1.04. The molecule has 0 aliphatic rings. The summed E-state index contributed by atoms with van der Waals surface area (Å²) < 4.78 is 59.0. The predicted molar refractivity (Wildman–Crippen MR) is 30.7 cm³/mol. The monoisotopic (exact) mass is 174 g/mol. The summed E-state index contributed by atoms with van der Waals surface area (Å²) in [6, 6.07) is 0. The van der Waals surface area contributed by atoms with Gasteiger partial charge in [-0.05, 0) is 0 Å². The molecule has 0 aliphatic carbocycles. The van der Waals surface area contributed by atoms with Crippen molar-refractivity contribution in [3.8, 4) is 0 Å². The van der Waals surface area contributed by atoms with E-state index in [-0.39, 0.29) is 0 Å². The minimum Gasteiger partial charge on any atom is -0.236 e. The quantitative estimate of drug-likeness (QED) is 0.454. The number of halogens is 5. The van der Waals surface area contributed by atoms with Crippen LogP contribution in [0.4, 0.5) is 22.0 Å². The van der Waals surface area contributed by atoms with Crippen molar-refractivity contribution in [1.29, 1.82) is 0 Å². The largest absolute Gasteiger partial charge is 0.287 e. The molecule has 1 atom stereocenters. The molecule has 0 aromatic carbocycles. The molecule has 0 N–H and O–H groups in total. The second-order valence-electron chi connectivity index (χ2n) is 1.99. The van der Waals surface area contributed by atoms with Gasteiger partial charge in [0.05, 0.1) is 6.42 Å². The van der Waals surface area contributed by atoms with Gasteiger partial charge in [-0.1, -0.05) is 12.7 Å². The smallest absolute Gasteiger partial charge is 0.236 e. The minimum atomic E-state index is -4.00. The Morgan fingerprint density at radius 2 is 1.73 bits per heavy atom. The third-order valence-electron chi connectivity index (χ3n) is 1.04. The lowest BCUT2D eigenvalue weighted by Crippen LogP contribution is -2.30. The normalized spacial score (nSPS) is 15.1. The van der Waals surface area contributed by atoms with Crippen LogP contribution < -0.4 is 0 Å². The average molecular weight is 174 g/mol. The van der Waals surface area contributed by atoms with E-state index < -0.39 is 24.9 Å². The maximum absolute atomic E-state index is 12.1. The van der Waals surface area contributed by atoms with Crippen LogP contribution in [0.1, 0.15) is 6.42 Å². The molecule has 0 saturated heterocycles. The first-order chi connectivity index (χ1) is 4.90. The molecule has 0 radical (unpaired) electrons. The molecule has 1 unspecified atom stereocenters. The molecule has 0 saturated carbocycles. The number of rotatable bonds is 4. The van der Waals surface area contributed by atoms with E-state index >= 15 is 0 Å². The van der Waals surface area contributed by atoms with Gasteiger partial charge in [0.2, 0.25) is 6.43 Å². The average Bonchev–Trinajstić information content (AvgIpc) is 1.83. The SMILES string of the molecule is C=CC(F)C(F)(F)CC(F)F. The fourth-order valence-corrected chi connectivity index (χ4v) is 0.491. The highest BCUT2D eigenvalue weighted by molar-refractivity contribution is 4.90. The molecule has 11 heavy (non-hydrogen) atoms. The van der Waals surface area contributed by atoms with E-state index in [4.69, 9.17) is 0 Å². The Bertz CT molecular complexity index is 131. The van der Waals surface area contributed by atoms with Crippen molar-refractivity contribution < 1.29 is 22.0 Å². The number of alkyl halides is 5. The van der Waals surface area contributed by atoms with E-state index in [0.717, 1.165) is 0 Å². The number of hydrogen-bond donors (Lipinski definition) is 0. The summed E-state index contributed by atoms with van der Waals surface area (Å²) in [5, 5.41) is 0. The molecule has 66 valence electrons. The number of hydrogen-bond acceptors (Lipinski definition) is 0. The van der Waals surface area contributed by atoms with Crippen molar-refractivity contribution in [3.63, 3.8) is 0 Å². The van der Waals surface area contributed by atoms with Crippen molar-refractivity contribution in [3.05, 3.63) is 12.7 Å². The molecule has 0 bridgehead atoms. The van der Waals surface area contributed by atoms with E-state index in [0.29, 0.717) is 6.08 Å². The zero-order valence-electron chi connectivity index (χ0n) is 5.54. The molecule has 5 heteroatoms. The summed E-state index contributed by atoms with van der Waals surface area (Å²) in [6.07, 6.45) is -7.36. The Morgan fingerprint density at radius 3 is 2.00 bits per heavy atom. The highest BCUT2D eigenvalue weighted by Gasteiger charge is 2.40. The molecule has 0 fully saturated rings. The molecular weight excluding hydrogens is 167 g/mol. The van der Waals surface area contributed by atoms with E-state index in [1.165, 1.54) is 0 Å². The van der Waals surface area contributed by atoms with Crippen molar-refractivity contribution in [2.45, 2.75) is 24.9 Å². The van der Waals surface area contributed by atoms with Gasteiger partial charge < -0.3 is 0 Å². The van der Waals surface area contributed by atoms with E-state index in [2.05, 4.69) is 6.58 Å². The van der Waals surface area contributed by atoms with Gasteiger partial charge in [-0.25, -0.2) is 22.0 Å². The van der Waals surface area contributed by atoms with Crippen LogP contribution in [-0.2, 0) is 0 Å². The lowest BCUT2D eigenvalue weighted by Gasteiger charge is -2.16. The summed E-state index contributed by atoms with van der Waals surface area (Å²) in [6.45, 7) is 2.73. The summed E-state index contributed by atoms with van der Waals surface area (Å²) in [5.41, 5.74) is 0. The molecule has 0 rings (SSSR count). The predicted octanol–water partition coefficient (Wildman–Crippen LogP) is 2.80. The lowest BCUT2D eigenvalue weighted by atomic mass is 10.1. The van der Waals surface area contributed by atoms with Gasteiger partial charge in [-0.15, -0.1) is 0 Å². The molecule has 0 aromatic heterocycles. The standard InChI is InChI=1S/C6H7F5/c1-2-4(7)6(10,11)3-5(8)9/h2,4-5H,1,3H2. The zero-order chi connectivity index (χ0) is 9.07. The van der Waals surface area contributed by atoms with E-state index in [1.54, 1.807) is 0 Å². The second-order valence-corrected chi connectivity index (χ2v) is 1.99. The first kappa shape index (κ1) is 10.4. The van der Waals surface area contributed by atoms with Crippen LogP contribution in [0.2, 0.25) is 0 Å². The van der Waals surface area contributed by atoms with Crippen molar-refractivity contribution in [2.75, 3.05) is 0 Å². The Labute approximate surface area is 60.7 Å². The van der Waals surface area contributed by atoms with Crippen molar-refractivity contribution in [1.82, 2.24) is 0 Å². The highest BCUT2D eigenvalue weighted by Crippen LogP contribution is 2.28. The van der Waals surface area contributed by atoms with Gasteiger partial charge in [-0.2, -0.15) is 0 Å². The van der Waals surface area contributed by atoms with E-state index in [9.17, 15) is 22.0 Å². The first-order valence-corrected chi connectivity index (χ1v) is 2.82. The van der Waals surface area contributed by atoms with Crippen LogP contribution in [0, 0.1) is 0 Å². The maximum Gasteiger partial charge on any atom is 0.287 e. The van der Waals surface area contributed by atoms with Crippen LogP contribution in [0.5, 0.6) is 0 Å².